The summed E-state index contributed by atoms with van der Waals surface area (Å²) >= 11 is 0. The molecule has 0 aliphatic carbocycles. The summed E-state index contributed by atoms with van der Waals surface area (Å²) in [6.45, 7) is 1.85. The van der Waals surface area contributed by atoms with Gasteiger partial charge in [0, 0.05) is 50.9 Å². The van der Waals surface area contributed by atoms with Crippen molar-refractivity contribution >= 4 is 17.5 Å². The van der Waals surface area contributed by atoms with Crippen molar-refractivity contribution in [1.82, 2.24) is 10.2 Å². The predicted octanol–water partition coefficient (Wildman–Crippen LogP) is 2.65. The van der Waals surface area contributed by atoms with Crippen molar-refractivity contribution in [1.29, 1.82) is 0 Å². The highest BCUT2D eigenvalue weighted by Crippen LogP contribution is 2.33. The lowest BCUT2D eigenvalue weighted by atomic mass is 9.95. The van der Waals surface area contributed by atoms with Gasteiger partial charge in [-0.1, -0.05) is 12.1 Å². The van der Waals surface area contributed by atoms with Gasteiger partial charge in [-0.05, 0) is 48.7 Å². The van der Waals surface area contributed by atoms with Gasteiger partial charge in [-0.3, -0.25) is 9.59 Å². The van der Waals surface area contributed by atoms with Crippen LogP contribution in [0.15, 0.2) is 42.5 Å². The molecule has 0 radical (unpaired) electrons. The molecule has 0 aromatic heterocycles. The second-order valence-corrected chi connectivity index (χ2v) is 7.91. The third-order valence-electron chi connectivity index (χ3n) is 5.69. The number of nitrogens with one attached hydrogen (secondary N) is 1. The molecule has 0 unspecified atom stereocenters. The van der Waals surface area contributed by atoms with Crippen molar-refractivity contribution in [2.75, 3.05) is 38.9 Å². The summed E-state index contributed by atoms with van der Waals surface area (Å²) in [5.74, 6) is 1.23. The second kappa shape index (κ2) is 8.65. The molecule has 1 N–H and O–H groups in total. The molecule has 1 saturated heterocycles. The number of carbonyl (C=O) groups excluding carboxylic acids is 2. The Hall–Kier alpha value is -3.22. The molecule has 4 rings (SSSR count). The second-order valence-electron chi connectivity index (χ2n) is 7.91. The fourth-order valence-electron chi connectivity index (χ4n) is 3.80. The van der Waals surface area contributed by atoms with E-state index in [0.717, 1.165) is 11.3 Å². The maximum absolute atomic E-state index is 12.8. The first-order valence-electron chi connectivity index (χ1n) is 10.2. The lowest BCUT2D eigenvalue weighted by molar-refractivity contribution is -0.126. The van der Waals surface area contributed by atoms with Crippen LogP contribution in [-0.4, -0.2) is 50.7 Å². The minimum absolute atomic E-state index is 0.0341. The van der Waals surface area contributed by atoms with Crippen LogP contribution >= 0.6 is 0 Å². The molecule has 7 nitrogen and oxygen atoms in total. The zero-order chi connectivity index (χ0) is 21.1. The summed E-state index contributed by atoms with van der Waals surface area (Å²) in [5, 5.41) is 3.03. The maximum Gasteiger partial charge on any atom is 0.253 e. The molecule has 30 heavy (non-hydrogen) atoms. The highest BCUT2D eigenvalue weighted by atomic mass is 16.7. The van der Waals surface area contributed by atoms with Gasteiger partial charge in [-0.25, -0.2) is 0 Å². The largest absolute Gasteiger partial charge is 0.454 e. The molecule has 2 heterocycles. The number of piperidine rings is 1. The van der Waals surface area contributed by atoms with Crippen LogP contribution in [0.2, 0.25) is 0 Å². The van der Waals surface area contributed by atoms with Crippen LogP contribution in [0.4, 0.5) is 5.69 Å². The number of nitrogens with zero attached hydrogens (tertiary/aromatic N) is 2. The number of amides is 2. The van der Waals surface area contributed by atoms with Gasteiger partial charge in [0.15, 0.2) is 11.5 Å². The van der Waals surface area contributed by atoms with Crippen molar-refractivity contribution < 1.29 is 19.1 Å². The first kappa shape index (κ1) is 20.1. The minimum atomic E-state index is -0.0631. The number of hydrogen-bond donors (Lipinski definition) is 1. The number of likely N-dealkylation sites (tertiary alicyclic amines) is 1. The zero-order valence-electron chi connectivity index (χ0n) is 17.4. The Labute approximate surface area is 176 Å². The Morgan fingerprint density at radius 3 is 2.43 bits per heavy atom. The molecule has 2 aliphatic rings. The fourth-order valence-corrected chi connectivity index (χ4v) is 3.80. The number of carbonyl (C=O) groups is 2. The highest BCUT2D eigenvalue weighted by molar-refractivity contribution is 5.95. The van der Waals surface area contributed by atoms with Crippen LogP contribution in [0, 0.1) is 5.92 Å². The molecule has 158 valence electrons. The van der Waals surface area contributed by atoms with Gasteiger partial charge in [-0.15, -0.1) is 0 Å². The molecule has 0 saturated carbocycles. The first-order chi connectivity index (χ1) is 14.5. The fraction of sp³-hybridized carbons (Fsp3) is 0.391. The molecule has 0 atom stereocenters. The van der Waals surface area contributed by atoms with Crippen LogP contribution in [0.5, 0.6) is 11.5 Å². The normalized spacial score (nSPS) is 15.7. The van der Waals surface area contributed by atoms with E-state index in [4.69, 9.17) is 9.47 Å². The molecule has 7 heteroatoms. The number of fused-ring (bicyclic) bond motifs is 1. The summed E-state index contributed by atoms with van der Waals surface area (Å²) in [4.78, 5) is 29.2. The third-order valence-corrected chi connectivity index (χ3v) is 5.69. The average Bonchev–Trinajstić information content (AvgIpc) is 3.25. The van der Waals surface area contributed by atoms with Crippen molar-refractivity contribution in [2.24, 2.45) is 5.92 Å². The van der Waals surface area contributed by atoms with Crippen LogP contribution in [-0.2, 0) is 11.3 Å². The van der Waals surface area contributed by atoms with E-state index in [1.54, 1.807) is 23.1 Å². The van der Waals surface area contributed by atoms with Crippen LogP contribution < -0.4 is 19.7 Å². The van der Waals surface area contributed by atoms with Crippen molar-refractivity contribution in [3.8, 4) is 11.5 Å². The predicted molar refractivity (Wildman–Crippen MR) is 114 cm³/mol. The molecule has 2 aromatic carbocycles. The maximum atomic E-state index is 12.8. The zero-order valence-corrected chi connectivity index (χ0v) is 17.4. The summed E-state index contributed by atoms with van der Waals surface area (Å²) in [7, 11) is 4.00. The molecular weight excluding hydrogens is 382 g/mol. The standard InChI is InChI=1S/C23H27N3O4/c1-25(2)19-6-3-16(4-7-19)14-24-22(27)17-9-11-26(12-10-17)23(28)18-5-8-20-21(13-18)30-15-29-20/h3-8,13,17H,9-12,14-15H2,1-2H3,(H,24,27). The van der Waals surface area contributed by atoms with Crippen molar-refractivity contribution in [2.45, 2.75) is 19.4 Å². The molecule has 2 amide bonds. The number of ether oxygens (including phenoxy) is 2. The van der Waals surface area contributed by atoms with E-state index in [9.17, 15) is 9.59 Å². The van der Waals surface area contributed by atoms with E-state index in [-0.39, 0.29) is 24.5 Å². The third kappa shape index (κ3) is 4.35. The smallest absolute Gasteiger partial charge is 0.253 e. The number of anilines is 1. The Balaban J connectivity index is 1.26. The van der Waals surface area contributed by atoms with Gasteiger partial charge in [0.1, 0.15) is 0 Å². The first-order valence-corrected chi connectivity index (χ1v) is 10.2. The van der Waals surface area contributed by atoms with E-state index >= 15 is 0 Å². The molecule has 2 aliphatic heterocycles. The van der Waals surface area contributed by atoms with Gasteiger partial charge in [0.25, 0.3) is 5.91 Å². The summed E-state index contributed by atoms with van der Waals surface area (Å²) in [6, 6.07) is 13.4. The van der Waals surface area contributed by atoms with Gasteiger partial charge >= 0.3 is 0 Å². The van der Waals surface area contributed by atoms with Crippen LogP contribution in [0.1, 0.15) is 28.8 Å². The van der Waals surface area contributed by atoms with E-state index in [1.165, 1.54) is 0 Å². The molecule has 0 spiro atoms. The molecule has 0 bridgehead atoms. The topological polar surface area (TPSA) is 71.1 Å². The molecule has 1 fully saturated rings. The Morgan fingerprint density at radius 1 is 1.03 bits per heavy atom. The number of benzene rings is 2. The quantitative estimate of drug-likeness (QED) is 0.822. The SMILES string of the molecule is CN(C)c1ccc(CNC(=O)C2CCN(C(=O)c3ccc4c(c3)OCO4)CC2)cc1. The van der Waals surface area contributed by atoms with Crippen molar-refractivity contribution in [3.63, 3.8) is 0 Å². The number of rotatable bonds is 5. The van der Waals surface area contributed by atoms with Crippen LogP contribution in [0.3, 0.4) is 0 Å². The Morgan fingerprint density at radius 2 is 1.73 bits per heavy atom. The minimum Gasteiger partial charge on any atom is -0.454 e. The van der Waals surface area contributed by atoms with Crippen molar-refractivity contribution in [3.05, 3.63) is 53.6 Å². The lowest BCUT2D eigenvalue weighted by Gasteiger charge is -2.31. The van der Waals surface area contributed by atoms with Gasteiger partial charge in [0.2, 0.25) is 12.7 Å². The summed E-state index contributed by atoms with van der Waals surface area (Å²) < 4.78 is 10.7. The average molecular weight is 409 g/mol. The van der Waals surface area contributed by atoms with Gasteiger partial charge in [-0.2, -0.15) is 0 Å². The molecule has 2 aromatic rings. The highest BCUT2D eigenvalue weighted by Gasteiger charge is 2.28. The summed E-state index contributed by atoms with van der Waals surface area (Å²) in [5.41, 5.74) is 2.79. The van der Waals surface area contributed by atoms with E-state index in [1.807, 2.05) is 43.3 Å². The van der Waals surface area contributed by atoms with E-state index in [2.05, 4.69) is 5.32 Å². The van der Waals surface area contributed by atoms with E-state index < -0.39 is 0 Å². The lowest BCUT2D eigenvalue weighted by Crippen LogP contribution is -2.42. The summed E-state index contributed by atoms with van der Waals surface area (Å²) in [6.07, 6.45) is 1.34. The Bertz CT molecular complexity index is 919. The van der Waals surface area contributed by atoms with Crippen LogP contribution in [0.25, 0.3) is 0 Å². The number of hydrogen-bond acceptors (Lipinski definition) is 5. The molecular formula is C23H27N3O4. The van der Waals surface area contributed by atoms with Gasteiger partial charge in [0.05, 0.1) is 0 Å². The van der Waals surface area contributed by atoms with E-state index in [0.29, 0.717) is 49.5 Å². The Kier molecular flexibility index (Phi) is 5.79. The monoisotopic (exact) mass is 409 g/mol. The van der Waals surface area contributed by atoms with Gasteiger partial charge < -0.3 is 24.6 Å².